The minimum atomic E-state index is 0.823. The molecule has 2 rings (SSSR count). The Balaban J connectivity index is 2.02. The van der Waals surface area contributed by atoms with Crippen molar-refractivity contribution >= 4 is 5.69 Å². The molecular weight excluding hydrogens is 210 g/mol. The molecule has 0 spiro atoms. The van der Waals surface area contributed by atoms with Gasteiger partial charge in [-0.25, -0.2) is 0 Å². The van der Waals surface area contributed by atoms with E-state index in [4.69, 9.17) is 0 Å². The fraction of sp³-hybridized carbons (Fsp3) is 0.357. The molecule has 0 unspecified atom stereocenters. The highest BCUT2D eigenvalue weighted by Gasteiger charge is 2.00. The normalized spacial score (nSPS) is 10.5. The van der Waals surface area contributed by atoms with Crippen LogP contribution in [0.15, 0.2) is 30.6 Å². The minimum absolute atomic E-state index is 0.823. The molecule has 0 bridgehead atoms. The van der Waals surface area contributed by atoms with Gasteiger partial charge in [0.25, 0.3) is 0 Å². The first-order chi connectivity index (χ1) is 8.19. The van der Waals surface area contributed by atoms with Gasteiger partial charge in [-0.15, -0.1) is 0 Å². The van der Waals surface area contributed by atoms with E-state index in [2.05, 4.69) is 55.6 Å². The highest BCUT2D eigenvalue weighted by Crippen LogP contribution is 2.16. The zero-order chi connectivity index (χ0) is 12.3. The number of anilines is 1. The van der Waals surface area contributed by atoms with Crippen molar-refractivity contribution in [2.75, 3.05) is 5.32 Å². The third kappa shape index (κ3) is 2.87. The molecule has 0 aliphatic rings. The first kappa shape index (κ1) is 11.7. The summed E-state index contributed by atoms with van der Waals surface area (Å²) < 4.78 is 1.94. The first-order valence-corrected chi connectivity index (χ1v) is 6.01. The number of aryl methyl sites for hydroxylation is 3. The Labute approximate surface area is 102 Å². The second-order valence-corrected chi connectivity index (χ2v) is 4.38. The fourth-order valence-electron chi connectivity index (χ4n) is 1.88. The molecule has 0 fully saturated rings. The van der Waals surface area contributed by atoms with Crippen molar-refractivity contribution in [2.45, 2.75) is 33.9 Å². The molecule has 0 amide bonds. The standard InChI is InChI=1S/C14H19N3/c1-4-17-10-13(9-16-17)8-15-14-6-5-11(2)7-12(14)3/h5-7,9-10,15H,4,8H2,1-3H3. The summed E-state index contributed by atoms with van der Waals surface area (Å²) in [5, 5.41) is 7.70. The number of benzene rings is 1. The Morgan fingerprint density at radius 2 is 2.12 bits per heavy atom. The van der Waals surface area contributed by atoms with Crippen LogP contribution >= 0.6 is 0 Å². The second-order valence-electron chi connectivity index (χ2n) is 4.38. The average molecular weight is 229 g/mol. The maximum Gasteiger partial charge on any atom is 0.0539 e. The van der Waals surface area contributed by atoms with Gasteiger partial charge >= 0.3 is 0 Å². The van der Waals surface area contributed by atoms with E-state index in [0.717, 1.165) is 13.1 Å². The average Bonchev–Trinajstić information content (AvgIpc) is 2.76. The number of nitrogens with zero attached hydrogens (tertiary/aromatic N) is 2. The minimum Gasteiger partial charge on any atom is -0.381 e. The maximum atomic E-state index is 4.26. The molecule has 17 heavy (non-hydrogen) atoms. The number of aromatic nitrogens is 2. The van der Waals surface area contributed by atoms with E-state index in [9.17, 15) is 0 Å². The van der Waals surface area contributed by atoms with Crippen molar-refractivity contribution < 1.29 is 0 Å². The smallest absolute Gasteiger partial charge is 0.0539 e. The highest BCUT2D eigenvalue weighted by atomic mass is 15.3. The van der Waals surface area contributed by atoms with Gasteiger partial charge in [0.15, 0.2) is 0 Å². The molecule has 0 saturated carbocycles. The predicted octanol–water partition coefficient (Wildman–Crippen LogP) is 3.13. The zero-order valence-corrected chi connectivity index (χ0v) is 10.7. The van der Waals surface area contributed by atoms with Gasteiger partial charge in [0.2, 0.25) is 0 Å². The summed E-state index contributed by atoms with van der Waals surface area (Å²) in [5.41, 5.74) is 4.99. The number of hydrogen-bond acceptors (Lipinski definition) is 2. The van der Waals surface area contributed by atoms with Crippen LogP contribution < -0.4 is 5.32 Å². The summed E-state index contributed by atoms with van der Waals surface area (Å²) >= 11 is 0. The molecule has 3 heteroatoms. The molecule has 0 saturated heterocycles. The van der Waals surface area contributed by atoms with Gasteiger partial charge in [-0.05, 0) is 32.4 Å². The Bertz CT molecular complexity index is 500. The van der Waals surface area contributed by atoms with Crippen molar-refractivity contribution in [3.8, 4) is 0 Å². The van der Waals surface area contributed by atoms with Crippen LogP contribution in [0.1, 0.15) is 23.6 Å². The van der Waals surface area contributed by atoms with Crippen LogP contribution in [0.3, 0.4) is 0 Å². The molecule has 2 aromatic rings. The third-order valence-electron chi connectivity index (χ3n) is 2.88. The monoisotopic (exact) mass is 229 g/mol. The first-order valence-electron chi connectivity index (χ1n) is 6.01. The van der Waals surface area contributed by atoms with Gasteiger partial charge in [-0.3, -0.25) is 4.68 Å². The van der Waals surface area contributed by atoms with E-state index in [1.807, 2.05) is 10.9 Å². The van der Waals surface area contributed by atoms with Gasteiger partial charge in [-0.2, -0.15) is 5.10 Å². The summed E-state index contributed by atoms with van der Waals surface area (Å²) in [7, 11) is 0. The zero-order valence-electron chi connectivity index (χ0n) is 10.7. The molecule has 1 aromatic carbocycles. The second kappa shape index (κ2) is 5.04. The van der Waals surface area contributed by atoms with E-state index in [-0.39, 0.29) is 0 Å². The quantitative estimate of drug-likeness (QED) is 0.873. The van der Waals surface area contributed by atoms with Crippen LogP contribution in [0.4, 0.5) is 5.69 Å². The topological polar surface area (TPSA) is 29.9 Å². The van der Waals surface area contributed by atoms with Crippen molar-refractivity contribution in [3.63, 3.8) is 0 Å². The fourth-order valence-corrected chi connectivity index (χ4v) is 1.88. The summed E-state index contributed by atoms with van der Waals surface area (Å²) in [6.07, 6.45) is 4.00. The van der Waals surface area contributed by atoms with E-state index in [0.29, 0.717) is 0 Å². The molecule has 0 atom stereocenters. The summed E-state index contributed by atoms with van der Waals surface area (Å²) in [5.74, 6) is 0. The largest absolute Gasteiger partial charge is 0.381 e. The predicted molar refractivity (Wildman–Crippen MR) is 71.1 cm³/mol. The SMILES string of the molecule is CCn1cc(CNc2ccc(C)cc2C)cn1. The van der Waals surface area contributed by atoms with Crippen LogP contribution in [-0.4, -0.2) is 9.78 Å². The van der Waals surface area contributed by atoms with E-state index < -0.39 is 0 Å². The molecule has 3 nitrogen and oxygen atoms in total. The van der Waals surface area contributed by atoms with Crippen LogP contribution in [0.25, 0.3) is 0 Å². The Morgan fingerprint density at radius 1 is 1.29 bits per heavy atom. The lowest BCUT2D eigenvalue weighted by molar-refractivity contribution is 0.659. The van der Waals surface area contributed by atoms with Crippen LogP contribution in [0.5, 0.6) is 0 Å². The molecular formula is C14H19N3. The maximum absolute atomic E-state index is 4.26. The molecule has 1 N–H and O–H groups in total. The Morgan fingerprint density at radius 3 is 2.76 bits per heavy atom. The molecule has 1 aromatic heterocycles. The van der Waals surface area contributed by atoms with Gasteiger partial charge in [0.05, 0.1) is 6.20 Å². The summed E-state index contributed by atoms with van der Waals surface area (Å²) in [4.78, 5) is 0. The van der Waals surface area contributed by atoms with Crippen LogP contribution in [-0.2, 0) is 13.1 Å². The van der Waals surface area contributed by atoms with Crippen molar-refractivity contribution in [1.29, 1.82) is 0 Å². The Hall–Kier alpha value is -1.77. The van der Waals surface area contributed by atoms with Gasteiger partial charge in [0, 0.05) is 30.5 Å². The highest BCUT2D eigenvalue weighted by molar-refractivity contribution is 5.52. The number of rotatable bonds is 4. The van der Waals surface area contributed by atoms with Crippen molar-refractivity contribution in [3.05, 3.63) is 47.3 Å². The lowest BCUT2D eigenvalue weighted by Crippen LogP contribution is -2.00. The molecule has 0 aliphatic heterocycles. The molecule has 90 valence electrons. The van der Waals surface area contributed by atoms with E-state index >= 15 is 0 Å². The molecule has 0 radical (unpaired) electrons. The number of hydrogen-bond donors (Lipinski definition) is 1. The number of nitrogens with one attached hydrogen (secondary N) is 1. The van der Waals surface area contributed by atoms with Gasteiger partial charge < -0.3 is 5.32 Å². The van der Waals surface area contributed by atoms with E-state index in [1.165, 1.54) is 22.4 Å². The summed E-state index contributed by atoms with van der Waals surface area (Å²) in [6, 6.07) is 6.46. The van der Waals surface area contributed by atoms with Crippen LogP contribution in [0.2, 0.25) is 0 Å². The third-order valence-corrected chi connectivity index (χ3v) is 2.88. The molecule has 1 heterocycles. The van der Waals surface area contributed by atoms with Gasteiger partial charge in [0.1, 0.15) is 0 Å². The van der Waals surface area contributed by atoms with E-state index in [1.54, 1.807) is 0 Å². The summed E-state index contributed by atoms with van der Waals surface area (Å²) in [6.45, 7) is 8.08. The lowest BCUT2D eigenvalue weighted by atomic mass is 10.1. The van der Waals surface area contributed by atoms with Crippen LogP contribution in [0, 0.1) is 13.8 Å². The molecule has 0 aliphatic carbocycles. The Kier molecular flexibility index (Phi) is 3.47. The lowest BCUT2D eigenvalue weighted by Gasteiger charge is -2.09. The van der Waals surface area contributed by atoms with Crippen molar-refractivity contribution in [1.82, 2.24) is 9.78 Å². The van der Waals surface area contributed by atoms with Gasteiger partial charge in [-0.1, -0.05) is 17.7 Å². The van der Waals surface area contributed by atoms with Crippen molar-refractivity contribution in [2.24, 2.45) is 0 Å².